The number of benzene rings is 1. The molecule has 1 atom stereocenters. The van der Waals surface area contributed by atoms with Crippen LogP contribution in [-0.2, 0) is 6.18 Å². The molecule has 1 aliphatic heterocycles. The molecule has 0 saturated heterocycles. The van der Waals surface area contributed by atoms with Crippen LogP contribution < -0.4 is 4.90 Å². The zero-order valence-corrected chi connectivity index (χ0v) is 15.7. The summed E-state index contributed by atoms with van der Waals surface area (Å²) < 4.78 is 39.7. The number of hydrogen-bond donors (Lipinski definition) is 0. The van der Waals surface area contributed by atoms with Crippen LogP contribution in [0.5, 0.6) is 0 Å². The van der Waals surface area contributed by atoms with Crippen molar-refractivity contribution in [1.82, 2.24) is 0 Å². The Morgan fingerprint density at radius 3 is 2.56 bits per heavy atom. The molecule has 0 amide bonds. The molecule has 25 heavy (non-hydrogen) atoms. The van der Waals surface area contributed by atoms with Gasteiger partial charge in [0, 0.05) is 18.2 Å². The minimum Gasteiger partial charge on any atom is -0.336 e. The largest absolute Gasteiger partial charge is 0.416 e. The summed E-state index contributed by atoms with van der Waals surface area (Å²) in [6, 6.07) is 4.23. The second-order valence-corrected chi connectivity index (χ2v) is 8.37. The Labute approximate surface area is 152 Å². The van der Waals surface area contributed by atoms with Crippen LogP contribution in [-0.4, -0.2) is 12.3 Å². The van der Waals surface area contributed by atoms with E-state index >= 15 is 0 Å². The number of allylic oxidation sites excluding steroid dienone is 1. The molecule has 5 heteroatoms. The highest BCUT2D eigenvalue weighted by atomic mass is 32.2. The summed E-state index contributed by atoms with van der Waals surface area (Å²) in [6.45, 7) is 4.97. The predicted molar refractivity (Wildman–Crippen MR) is 100.0 cm³/mol. The Kier molecular flexibility index (Phi) is 5.71. The molecule has 0 aromatic heterocycles. The van der Waals surface area contributed by atoms with Crippen LogP contribution in [0.2, 0.25) is 0 Å². The fourth-order valence-corrected chi connectivity index (χ4v) is 4.91. The van der Waals surface area contributed by atoms with Gasteiger partial charge in [-0.1, -0.05) is 45.6 Å². The Morgan fingerprint density at radius 2 is 1.92 bits per heavy atom. The lowest BCUT2D eigenvalue weighted by molar-refractivity contribution is -0.137. The Balaban J connectivity index is 1.91. The number of hydrogen-bond acceptors (Lipinski definition) is 2. The molecule has 1 nitrogen and oxygen atoms in total. The van der Waals surface area contributed by atoms with Crippen LogP contribution in [0.15, 0.2) is 29.3 Å². The van der Waals surface area contributed by atoms with E-state index in [2.05, 4.69) is 24.8 Å². The quantitative estimate of drug-likeness (QED) is 0.561. The number of fused-ring (bicyclic) bond motifs is 1. The van der Waals surface area contributed by atoms with Crippen molar-refractivity contribution in [3.8, 4) is 0 Å². The van der Waals surface area contributed by atoms with Gasteiger partial charge in [0.2, 0.25) is 0 Å². The molecular formula is C20H26F3NS. The Hall–Kier alpha value is -1.10. The minimum absolute atomic E-state index is 0.147. The summed E-state index contributed by atoms with van der Waals surface area (Å²) in [7, 11) is 0. The molecule has 1 aliphatic carbocycles. The molecule has 0 N–H and O–H groups in total. The number of alkyl halides is 3. The van der Waals surface area contributed by atoms with Crippen LogP contribution in [0.3, 0.4) is 0 Å². The number of nitrogens with zero attached hydrogens (tertiary/aromatic N) is 1. The van der Waals surface area contributed by atoms with Crippen LogP contribution in [0.4, 0.5) is 18.9 Å². The number of thioether (sulfide) groups is 1. The molecule has 1 aromatic carbocycles. The standard InChI is InChI=1S/C20H26F3NS/c1-3-25-19-12-14(2)17-9-8-16(20(21,22)23)13-18(17)24(19)11-10-15-6-4-5-7-15/h8-9,12-15H,3-7,10-11H2,1-2H3. The van der Waals surface area contributed by atoms with E-state index < -0.39 is 11.7 Å². The summed E-state index contributed by atoms with van der Waals surface area (Å²) in [5.41, 5.74) is 1.20. The SMILES string of the molecule is CCSC1=CC(C)c2ccc(C(F)(F)F)cc2N1CCC1CCCC1. The second kappa shape index (κ2) is 7.65. The third-order valence-corrected chi connectivity index (χ3v) is 6.27. The Morgan fingerprint density at radius 1 is 1.20 bits per heavy atom. The minimum atomic E-state index is -4.30. The zero-order valence-electron chi connectivity index (χ0n) is 14.9. The summed E-state index contributed by atoms with van der Waals surface area (Å²) in [4.78, 5) is 2.14. The lowest BCUT2D eigenvalue weighted by Gasteiger charge is -2.35. The highest BCUT2D eigenvalue weighted by molar-refractivity contribution is 8.03. The van der Waals surface area contributed by atoms with Gasteiger partial charge in [-0.15, -0.1) is 11.8 Å². The van der Waals surface area contributed by atoms with E-state index in [0.29, 0.717) is 0 Å². The number of rotatable bonds is 5. The van der Waals surface area contributed by atoms with Crippen molar-refractivity contribution in [3.63, 3.8) is 0 Å². The maximum Gasteiger partial charge on any atom is 0.416 e. The highest BCUT2D eigenvalue weighted by Gasteiger charge is 2.33. The van der Waals surface area contributed by atoms with Gasteiger partial charge in [0.05, 0.1) is 10.6 Å². The molecule has 1 heterocycles. The van der Waals surface area contributed by atoms with Crippen LogP contribution in [0.25, 0.3) is 0 Å². The van der Waals surface area contributed by atoms with E-state index in [-0.39, 0.29) is 5.92 Å². The molecule has 1 fully saturated rings. The van der Waals surface area contributed by atoms with Gasteiger partial charge in [0.25, 0.3) is 0 Å². The van der Waals surface area contributed by atoms with Gasteiger partial charge in [-0.2, -0.15) is 13.2 Å². The van der Waals surface area contributed by atoms with Crippen molar-refractivity contribution in [2.24, 2.45) is 5.92 Å². The van der Waals surface area contributed by atoms with E-state index in [1.165, 1.54) is 37.8 Å². The van der Waals surface area contributed by atoms with Crippen molar-refractivity contribution in [3.05, 3.63) is 40.4 Å². The fraction of sp³-hybridized carbons (Fsp3) is 0.600. The lowest BCUT2D eigenvalue weighted by atomic mass is 9.93. The van der Waals surface area contributed by atoms with E-state index in [9.17, 15) is 13.2 Å². The van der Waals surface area contributed by atoms with Crippen molar-refractivity contribution in [2.45, 2.75) is 58.0 Å². The normalized spacial score (nSPS) is 21.4. The van der Waals surface area contributed by atoms with Gasteiger partial charge in [-0.05, 0) is 41.9 Å². The molecule has 138 valence electrons. The first-order valence-electron chi connectivity index (χ1n) is 9.23. The third-order valence-electron chi connectivity index (χ3n) is 5.33. The Bertz CT molecular complexity index is 632. The van der Waals surface area contributed by atoms with Gasteiger partial charge in [0.1, 0.15) is 0 Å². The molecule has 3 rings (SSSR count). The van der Waals surface area contributed by atoms with Gasteiger partial charge in [0.15, 0.2) is 0 Å². The van der Waals surface area contributed by atoms with Gasteiger partial charge < -0.3 is 4.90 Å². The van der Waals surface area contributed by atoms with Crippen LogP contribution in [0, 0.1) is 5.92 Å². The van der Waals surface area contributed by atoms with Gasteiger partial charge in [-0.25, -0.2) is 0 Å². The fourth-order valence-electron chi connectivity index (χ4n) is 3.97. The molecule has 1 aromatic rings. The average molecular weight is 369 g/mol. The molecule has 0 spiro atoms. The van der Waals surface area contributed by atoms with Crippen LogP contribution >= 0.6 is 11.8 Å². The van der Waals surface area contributed by atoms with Gasteiger partial charge >= 0.3 is 6.18 Å². The second-order valence-electron chi connectivity index (χ2n) is 7.09. The van der Waals surface area contributed by atoms with E-state index in [1.54, 1.807) is 17.8 Å². The summed E-state index contributed by atoms with van der Waals surface area (Å²) in [5, 5.41) is 1.11. The summed E-state index contributed by atoms with van der Waals surface area (Å²) >= 11 is 1.73. The topological polar surface area (TPSA) is 3.24 Å². The first-order chi connectivity index (χ1) is 11.9. The molecule has 2 aliphatic rings. The number of anilines is 1. The van der Waals surface area contributed by atoms with Crippen molar-refractivity contribution >= 4 is 17.4 Å². The molecule has 1 unspecified atom stereocenters. The number of halogens is 3. The zero-order chi connectivity index (χ0) is 18.0. The maximum absolute atomic E-state index is 13.2. The van der Waals surface area contributed by atoms with E-state index in [0.717, 1.165) is 40.9 Å². The van der Waals surface area contributed by atoms with Crippen molar-refractivity contribution in [1.29, 1.82) is 0 Å². The highest BCUT2D eigenvalue weighted by Crippen LogP contribution is 2.43. The summed E-state index contributed by atoms with van der Waals surface area (Å²) in [5.74, 6) is 1.79. The predicted octanol–water partition coefficient (Wildman–Crippen LogP) is 6.80. The third kappa shape index (κ3) is 4.18. The first kappa shape index (κ1) is 18.7. The molecule has 0 radical (unpaired) electrons. The molecule has 1 saturated carbocycles. The summed E-state index contributed by atoms with van der Waals surface area (Å²) in [6.07, 6.45) is 4.09. The lowest BCUT2D eigenvalue weighted by Crippen LogP contribution is -2.28. The van der Waals surface area contributed by atoms with Crippen LogP contribution in [0.1, 0.15) is 63.0 Å². The average Bonchev–Trinajstić information content (AvgIpc) is 3.07. The van der Waals surface area contributed by atoms with E-state index in [4.69, 9.17) is 0 Å². The smallest absolute Gasteiger partial charge is 0.336 e. The molecular weight excluding hydrogens is 343 g/mol. The first-order valence-corrected chi connectivity index (χ1v) is 10.2. The maximum atomic E-state index is 13.2. The van der Waals surface area contributed by atoms with Crippen molar-refractivity contribution < 1.29 is 13.2 Å². The monoisotopic (exact) mass is 369 g/mol. The van der Waals surface area contributed by atoms with Crippen molar-refractivity contribution in [2.75, 3.05) is 17.2 Å². The van der Waals surface area contributed by atoms with Gasteiger partial charge in [-0.3, -0.25) is 0 Å². The van der Waals surface area contributed by atoms with E-state index in [1.807, 2.05) is 0 Å². The molecule has 0 bridgehead atoms.